The molecular formula is C13H15N3O3. The number of ether oxygens (including phenoxy) is 1. The van der Waals surface area contributed by atoms with Crippen molar-refractivity contribution in [1.82, 2.24) is 15.1 Å². The summed E-state index contributed by atoms with van der Waals surface area (Å²) in [5.41, 5.74) is 0.830. The van der Waals surface area contributed by atoms with E-state index in [1.165, 1.54) is 7.11 Å². The first-order valence-corrected chi connectivity index (χ1v) is 5.89. The van der Waals surface area contributed by atoms with E-state index in [0.29, 0.717) is 0 Å². The molecule has 6 heteroatoms. The third-order valence-corrected chi connectivity index (χ3v) is 2.70. The summed E-state index contributed by atoms with van der Waals surface area (Å²) in [4.78, 5) is 22.9. The number of rotatable bonds is 4. The summed E-state index contributed by atoms with van der Waals surface area (Å²) in [6.07, 6.45) is 1.79. The average molecular weight is 261 g/mol. The van der Waals surface area contributed by atoms with Crippen molar-refractivity contribution >= 4 is 22.8 Å². The quantitative estimate of drug-likeness (QED) is 0.823. The van der Waals surface area contributed by atoms with Crippen LogP contribution in [-0.2, 0) is 20.9 Å². The molecule has 0 aliphatic carbocycles. The fourth-order valence-electron chi connectivity index (χ4n) is 1.77. The van der Waals surface area contributed by atoms with E-state index < -0.39 is 12.0 Å². The lowest BCUT2D eigenvalue weighted by atomic mass is 10.3. The standard InChI is InChI=1S/C13H15N3O3/c1-9(13(18)19-2)14-12(17)8-16-7-10-5-3-4-6-11(10)15-16/h3-7,9H,8H2,1-2H3,(H,14,17)/t9-/m0/s1. The fraction of sp³-hybridized carbons (Fsp3) is 0.308. The number of benzene rings is 1. The van der Waals surface area contributed by atoms with Gasteiger partial charge in [0.25, 0.3) is 0 Å². The maximum atomic E-state index is 11.7. The van der Waals surface area contributed by atoms with Crippen LogP contribution < -0.4 is 5.32 Å². The number of esters is 1. The van der Waals surface area contributed by atoms with Crippen LogP contribution in [0.5, 0.6) is 0 Å². The van der Waals surface area contributed by atoms with E-state index in [0.717, 1.165) is 10.9 Å². The number of hydrogen-bond donors (Lipinski definition) is 1. The van der Waals surface area contributed by atoms with Gasteiger partial charge in [-0.3, -0.25) is 9.48 Å². The Morgan fingerprint density at radius 3 is 2.84 bits per heavy atom. The van der Waals surface area contributed by atoms with Crippen LogP contribution in [0.2, 0.25) is 0 Å². The fourth-order valence-corrected chi connectivity index (χ4v) is 1.77. The zero-order valence-corrected chi connectivity index (χ0v) is 10.8. The molecule has 0 aliphatic heterocycles. The van der Waals surface area contributed by atoms with Crippen LogP contribution >= 0.6 is 0 Å². The van der Waals surface area contributed by atoms with Crippen LogP contribution in [0.1, 0.15) is 6.92 Å². The van der Waals surface area contributed by atoms with Crippen LogP contribution in [-0.4, -0.2) is 34.8 Å². The molecule has 0 saturated carbocycles. The number of nitrogens with one attached hydrogen (secondary N) is 1. The van der Waals surface area contributed by atoms with Crippen molar-refractivity contribution in [3.05, 3.63) is 30.5 Å². The molecule has 19 heavy (non-hydrogen) atoms. The molecule has 0 radical (unpaired) electrons. The molecule has 1 N–H and O–H groups in total. The summed E-state index contributed by atoms with van der Waals surface area (Å²) in [6.45, 7) is 1.64. The monoisotopic (exact) mass is 261 g/mol. The van der Waals surface area contributed by atoms with Gasteiger partial charge in [0.2, 0.25) is 5.91 Å². The topological polar surface area (TPSA) is 73.2 Å². The number of aromatic nitrogens is 2. The largest absolute Gasteiger partial charge is 0.467 e. The average Bonchev–Trinajstić information content (AvgIpc) is 2.79. The Morgan fingerprint density at radius 2 is 2.16 bits per heavy atom. The molecule has 1 aromatic carbocycles. The van der Waals surface area contributed by atoms with Gasteiger partial charge in [0.15, 0.2) is 0 Å². The maximum absolute atomic E-state index is 11.7. The Hall–Kier alpha value is -2.37. The van der Waals surface area contributed by atoms with Crippen molar-refractivity contribution in [2.24, 2.45) is 0 Å². The van der Waals surface area contributed by atoms with Crippen LogP contribution in [0.15, 0.2) is 30.5 Å². The van der Waals surface area contributed by atoms with Crippen LogP contribution in [0.4, 0.5) is 0 Å². The second kappa shape index (κ2) is 5.51. The number of hydrogen-bond acceptors (Lipinski definition) is 4. The second-order valence-electron chi connectivity index (χ2n) is 4.20. The number of fused-ring (bicyclic) bond motifs is 1. The van der Waals surface area contributed by atoms with Crippen molar-refractivity contribution in [1.29, 1.82) is 0 Å². The van der Waals surface area contributed by atoms with Gasteiger partial charge in [0, 0.05) is 11.6 Å². The molecule has 0 aliphatic rings. The predicted molar refractivity (Wildman–Crippen MR) is 69.4 cm³/mol. The first kappa shape index (κ1) is 13.1. The molecule has 1 amide bonds. The van der Waals surface area contributed by atoms with Gasteiger partial charge in [-0.15, -0.1) is 0 Å². The highest BCUT2D eigenvalue weighted by atomic mass is 16.5. The molecule has 0 saturated heterocycles. The molecule has 1 heterocycles. The molecule has 0 spiro atoms. The van der Waals surface area contributed by atoms with Crippen molar-refractivity contribution in [3.63, 3.8) is 0 Å². The van der Waals surface area contributed by atoms with Crippen LogP contribution in [0.3, 0.4) is 0 Å². The molecule has 2 aromatic rings. The van der Waals surface area contributed by atoms with Crippen molar-refractivity contribution in [2.75, 3.05) is 7.11 Å². The van der Waals surface area contributed by atoms with E-state index in [9.17, 15) is 9.59 Å². The first-order valence-electron chi connectivity index (χ1n) is 5.89. The van der Waals surface area contributed by atoms with Gasteiger partial charge in [0.05, 0.1) is 12.6 Å². The number of amides is 1. The van der Waals surface area contributed by atoms with Crippen molar-refractivity contribution < 1.29 is 14.3 Å². The molecule has 1 aromatic heterocycles. The van der Waals surface area contributed by atoms with Gasteiger partial charge in [-0.05, 0) is 13.0 Å². The summed E-state index contributed by atoms with van der Waals surface area (Å²) in [6, 6.07) is 6.93. The lowest BCUT2D eigenvalue weighted by molar-refractivity contribution is -0.144. The van der Waals surface area contributed by atoms with E-state index in [1.54, 1.807) is 17.8 Å². The minimum Gasteiger partial charge on any atom is -0.467 e. The Labute approximate surface area is 110 Å². The van der Waals surface area contributed by atoms with Gasteiger partial charge >= 0.3 is 5.97 Å². The number of methoxy groups -OCH3 is 1. The highest BCUT2D eigenvalue weighted by Crippen LogP contribution is 2.10. The molecule has 100 valence electrons. The Bertz CT molecular complexity index is 573. The summed E-state index contributed by atoms with van der Waals surface area (Å²) in [5.74, 6) is -0.760. The van der Waals surface area contributed by atoms with Crippen molar-refractivity contribution in [2.45, 2.75) is 19.5 Å². The third-order valence-electron chi connectivity index (χ3n) is 2.70. The van der Waals surface area contributed by atoms with Crippen LogP contribution in [0, 0.1) is 0 Å². The molecule has 1 atom stereocenters. The van der Waals surface area contributed by atoms with E-state index in [1.807, 2.05) is 24.3 Å². The highest BCUT2D eigenvalue weighted by molar-refractivity contribution is 5.84. The number of nitrogens with zero attached hydrogens (tertiary/aromatic N) is 2. The molecule has 0 bridgehead atoms. The Kier molecular flexibility index (Phi) is 3.79. The van der Waals surface area contributed by atoms with E-state index in [-0.39, 0.29) is 12.5 Å². The van der Waals surface area contributed by atoms with E-state index in [2.05, 4.69) is 15.2 Å². The van der Waals surface area contributed by atoms with Gasteiger partial charge < -0.3 is 10.1 Å². The van der Waals surface area contributed by atoms with E-state index >= 15 is 0 Å². The van der Waals surface area contributed by atoms with E-state index in [4.69, 9.17) is 0 Å². The minimum atomic E-state index is -0.664. The summed E-state index contributed by atoms with van der Waals surface area (Å²) in [7, 11) is 1.28. The third kappa shape index (κ3) is 3.09. The van der Waals surface area contributed by atoms with Gasteiger partial charge in [-0.2, -0.15) is 5.10 Å². The molecule has 6 nitrogen and oxygen atoms in total. The SMILES string of the molecule is COC(=O)[C@H](C)NC(=O)Cn1cc2ccccc2n1. The molecule has 2 rings (SSSR count). The van der Waals surface area contributed by atoms with Gasteiger partial charge in [0.1, 0.15) is 12.6 Å². The summed E-state index contributed by atoms with van der Waals surface area (Å²) >= 11 is 0. The second-order valence-corrected chi connectivity index (χ2v) is 4.20. The summed E-state index contributed by atoms with van der Waals surface area (Å²) in [5, 5.41) is 7.78. The molecular weight excluding hydrogens is 246 g/mol. The number of carbonyl (C=O) groups excluding carboxylic acids is 2. The lowest BCUT2D eigenvalue weighted by Crippen LogP contribution is -2.40. The van der Waals surface area contributed by atoms with Gasteiger partial charge in [-0.1, -0.05) is 18.2 Å². The van der Waals surface area contributed by atoms with Gasteiger partial charge in [-0.25, -0.2) is 4.79 Å². The maximum Gasteiger partial charge on any atom is 0.328 e. The lowest BCUT2D eigenvalue weighted by Gasteiger charge is -2.11. The normalized spacial score (nSPS) is 12.1. The number of carbonyl (C=O) groups is 2. The summed E-state index contributed by atoms with van der Waals surface area (Å²) < 4.78 is 6.08. The van der Waals surface area contributed by atoms with Crippen LogP contribution in [0.25, 0.3) is 10.9 Å². The minimum absolute atomic E-state index is 0.0655. The first-order chi connectivity index (χ1) is 9.10. The Balaban J connectivity index is 2.00. The predicted octanol–water partition coefficient (Wildman–Crippen LogP) is 0.714. The highest BCUT2D eigenvalue weighted by Gasteiger charge is 2.16. The molecule has 0 unspecified atom stereocenters. The zero-order chi connectivity index (χ0) is 13.8. The Morgan fingerprint density at radius 1 is 1.42 bits per heavy atom. The van der Waals surface area contributed by atoms with Crippen molar-refractivity contribution in [3.8, 4) is 0 Å². The smallest absolute Gasteiger partial charge is 0.328 e. The molecule has 0 fully saturated rings. The zero-order valence-electron chi connectivity index (χ0n) is 10.8.